The Balaban J connectivity index is 1.91. The summed E-state index contributed by atoms with van der Waals surface area (Å²) in [7, 11) is 3.53. The third-order valence-electron chi connectivity index (χ3n) is 4.47. The van der Waals surface area contributed by atoms with Crippen LogP contribution in [0.4, 0.5) is 0 Å². The van der Waals surface area contributed by atoms with Crippen LogP contribution in [-0.2, 0) is 9.47 Å². The molecule has 1 rings (SSSR count). The lowest BCUT2D eigenvalue weighted by molar-refractivity contribution is 0.0689. The van der Waals surface area contributed by atoms with Crippen molar-refractivity contribution in [2.75, 3.05) is 47.1 Å². The number of nitrogens with one attached hydrogen (secondary N) is 2. The van der Waals surface area contributed by atoms with Crippen molar-refractivity contribution < 1.29 is 9.47 Å². The average molecular weight is 328 g/mol. The first-order valence-electron chi connectivity index (χ1n) is 9.38. The van der Waals surface area contributed by atoms with Gasteiger partial charge in [0.25, 0.3) is 0 Å². The molecule has 0 amide bonds. The predicted octanol–water partition coefficient (Wildman–Crippen LogP) is 2.96. The van der Waals surface area contributed by atoms with E-state index in [2.05, 4.69) is 15.6 Å². The number of hydrogen-bond donors (Lipinski definition) is 2. The Morgan fingerprint density at radius 2 is 1.70 bits per heavy atom. The molecule has 136 valence electrons. The van der Waals surface area contributed by atoms with Gasteiger partial charge in [-0.05, 0) is 31.6 Å². The van der Waals surface area contributed by atoms with Crippen LogP contribution in [0.25, 0.3) is 0 Å². The Morgan fingerprint density at radius 1 is 0.957 bits per heavy atom. The van der Waals surface area contributed by atoms with Gasteiger partial charge in [-0.2, -0.15) is 0 Å². The van der Waals surface area contributed by atoms with E-state index in [0.717, 1.165) is 44.4 Å². The van der Waals surface area contributed by atoms with Crippen molar-refractivity contribution in [3.05, 3.63) is 0 Å². The third-order valence-corrected chi connectivity index (χ3v) is 4.47. The second kappa shape index (κ2) is 14.8. The smallest absolute Gasteiger partial charge is 0.190 e. The van der Waals surface area contributed by atoms with Gasteiger partial charge in [0.2, 0.25) is 0 Å². The van der Waals surface area contributed by atoms with Crippen LogP contribution < -0.4 is 10.6 Å². The summed E-state index contributed by atoms with van der Waals surface area (Å²) in [4.78, 5) is 4.28. The highest BCUT2D eigenvalue weighted by Crippen LogP contribution is 2.26. The number of guanidine groups is 1. The Bertz CT molecular complexity index is 292. The molecule has 1 aliphatic carbocycles. The number of aliphatic imine (C=N–C) groups is 1. The van der Waals surface area contributed by atoms with E-state index < -0.39 is 0 Å². The molecule has 0 spiro atoms. The van der Waals surface area contributed by atoms with Crippen molar-refractivity contribution in [3.63, 3.8) is 0 Å². The molecule has 0 unspecified atom stereocenters. The van der Waals surface area contributed by atoms with E-state index in [1.54, 1.807) is 7.11 Å². The maximum absolute atomic E-state index is 5.45. The van der Waals surface area contributed by atoms with E-state index >= 15 is 0 Å². The van der Waals surface area contributed by atoms with Crippen LogP contribution >= 0.6 is 0 Å². The van der Waals surface area contributed by atoms with E-state index in [4.69, 9.17) is 9.47 Å². The number of ether oxygens (including phenoxy) is 2. The molecule has 0 heterocycles. The Hall–Kier alpha value is -0.810. The predicted molar refractivity (Wildman–Crippen MR) is 97.1 cm³/mol. The van der Waals surface area contributed by atoms with Crippen molar-refractivity contribution in [2.24, 2.45) is 10.9 Å². The zero-order valence-electron chi connectivity index (χ0n) is 15.2. The Morgan fingerprint density at radius 3 is 2.39 bits per heavy atom. The Labute approximate surface area is 142 Å². The summed E-state index contributed by atoms with van der Waals surface area (Å²) in [5.74, 6) is 1.90. The maximum atomic E-state index is 5.45. The SMILES string of the molecule is CN=C(NCCCCOCCOC)NCCCC1CCCCC1. The fraction of sp³-hybridized carbons (Fsp3) is 0.944. The molecular weight excluding hydrogens is 290 g/mol. The van der Waals surface area contributed by atoms with Gasteiger partial charge in [-0.15, -0.1) is 0 Å². The fourth-order valence-corrected chi connectivity index (χ4v) is 3.07. The van der Waals surface area contributed by atoms with E-state index in [0.29, 0.717) is 13.2 Å². The third kappa shape index (κ3) is 11.4. The van der Waals surface area contributed by atoms with Gasteiger partial charge in [-0.3, -0.25) is 4.99 Å². The number of unbranched alkanes of at least 4 members (excludes halogenated alkanes) is 1. The molecule has 0 saturated heterocycles. The van der Waals surface area contributed by atoms with Crippen molar-refractivity contribution in [2.45, 2.75) is 57.8 Å². The molecule has 1 aliphatic rings. The molecule has 0 bridgehead atoms. The minimum Gasteiger partial charge on any atom is -0.382 e. The van der Waals surface area contributed by atoms with Gasteiger partial charge in [-0.25, -0.2) is 0 Å². The van der Waals surface area contributed by atoms with E-state index in [1.807, 2.05) is 7.05 Å². The lowest BCUT2D eigenvalue weighted by Gasteiger charge is -2.21. The molecule has 0 aromatic heterocycles. The summed E-state index contributed by atoms with van der Waals surface area (Å²) < 4.78 is 10.4. The Kier molecular flexibility index (Phi) is 13.0. The highest BCUT2D eigenvalue weighted by Gasteiger charge is 2.12. The first kappa shape index (κ1) is 20.2. The topological polar surface area (TPSA) is 54.9 Å². The maximum Gasteiger partial charge on any atom is 0.190 e. The molecule has 0 aliphatic heterocycles. The van der Waals surface area contributed by atoms with Gasteiger partial charge in [0.1, 0.15) is 0 Å². The minimum atomic E-state index is 0.676. The van der Waals surface area contributed by atoms with Gasteiger partial charge in [-0.1, -0.05) is 32.1 Å². The molecule has 1 fully saturated rings. The summed E-state index contributed by atoms with van der Waals surface area (Å²) >= 11 is 0. The quantitative estimate of drug-likeness (QED) is 0.329. The normalized spacial score (nSPS) is 16.5. The van der Waals surface area contributed by atoms with Crippen LogP contribution in [0, 0.1) is 5.92 Å². The average Bonchev–Trinajstić information content (AvgIpc) is 2.60. The zero-order valence-corrected chi connectivity index (χ0v) is 15.2. The molecule has 0 aromatic rings. The van der Waals surface area contributed by atoms with Gasteiger partial charge in [0.05, 0.1) is 13.2 Å². The number of rotatable bonds is 12. The summed E-state index contributed by atoms with van der Waals surface area (Å²) in [5, 5.41) is 6.79. The standard InChI is InChI=1S/C18H37N3O2/c1-19-18(20-12-6-7-14-23-16-15-22-2)21-13-8-11-17-9-4-3-5-10-17/h17H,3-16H2,1-2H3,(H2,19,20,21). The molecule has 2 N–H and O–H groups in total. The summed E-state index contributed by atoms with van der Waals surface area (Å²) in [6.45, 7) is 4.13. The second-order valence-electron chi connectivity index (χ2n) is 6.38. The molecule has 23 heavy (non-hydrogen) atoms. The summed E-state index contributed by atoms with van der Waals surface area (Å²) in [6, 6.07) is 0. The largest absolute Gasteiger partial charge is 0.382 e. The van der Waals surface area contributed by atoms with Crippen molar-refractivity contribution in [3.8, 4) is 0 Å². The van der Waals surface area contributed by atoms with Gasteiger partial charge in [0, 0.05) is 33.9 Å². The molecule has 5 heteroatoms. The van der Waals surface area contributed by atoms with Crippen LogP contribution in [0.15, 0.2) is 4.99 Å². The van der Waals surface area contributed by atoms with Gasteiger partial charge >= 0.3 is 0 Å². The van der Waals surface area contributed by atoms with Crippen LogP contribution in [0.2, 0.25) is 0 Å². The van der Waals surface area contributed by atoms with Crippen LogP contribution in [0.1, 0.15) is 57.8 Å². The monoisotopic (exact) mass is 327 g/mol. The molecular formula is C18H37N3O2. The van der Waals surface area contributed by atoms with E-state index in [9.17, 15) is 0 Å². The van der Waals surface area contributed by atoms with Crippen LogP contribution in [-0.4, -0.2) is 53.0 Å². The number of nitrogens with zero attached hydrogens (tertiary/aromatic N) is 1. The fourth-order valence-electron chi connectivity index (χ4n) is 3.07. The van der Waals surface area contributed by atoms with Crippen molar-refractivity contribution >= 4 is 5.96 Å². The van der Waals surface area contributed by atoms with Crippen molar-refractivity contribution in [1.29, 1.82) is 0 Å². The van der Waals surface area contributed by atoms with E-state index in [-0.39, 0.29) is 0 Å². The molecule has 5 nitrogen and oxygen atoms in total. The minimum absolute atomic E-state index is 0.676. The highest BCUT2D eigenvalue weighted by molar-refractivity contribution is 5.79. The first-order valence-corrected chi connectivity index (χ1v) is 9.38. The van der Waals surface area contributed by atoms with Crippen molar-refractivity contribution in [1.82, 2.24) is 10.6 Å². The summed E-state index contributed by atoms with van der Waals surface area (Å²) in [5.41, 5.74) is 0. The number of hydrogen-bond acceptors (Lipinski definition) is 3. The first-order chi connectivity index (χ1) is 11.4. The number of methoxy groups -OCH3 is 1. The molecule has 0 atom stereocenters. The second-order valence-corrected chi connectivity index (χ2v) is 6.38. The lowest BCUT2D eigenvalue weighted by Crippen LogP contribution is -2.38. The molecule has 0 aromatic carbocycles. The highest BCUT2D eigenvalue weighted by atomic mass is 16.5. The zero-order chi connectivity index (χ0) is 16.6. The van der Waals surface area contributed by atoms with Gasteiger partial charge in [0.15, 0.2) is 5.96 Å². The molecule has 1 saturated carbocycles. The van der Waals surface area contributed by atoms with Crippen LogP contribution in [0.5, 0.6) is 0 Å². The van der Waals surface area contributed by atoms with Gasteiger partial charge < -0.3 is 20.1 Å². The summed E-state index contributed by atoms with van der Waals surface area (Å²) in [6.07, 6.45) is 12.0. The van der Waals surface area contributed by atoms with E-state index in [1.165, 1.54) is 44.9 Å². The van der Waals surface area contributed by atoms with Crippen LogP contribution in [0.3, 0.4) is 0 Å². The lowest BCUT2D eigenvalue weighted by atomic mass is 9.86. The molecule has 0 radical (unpaired) electrons.